The quantitative estimate of drug-likeness (QED) is 0.366. The molecule has 0 aliphatic carbocycles. The molecule has 3 N–H and O–H groups in total. The van der Waals surface area contributed by atoms with Gasteiger partial charge in [-0.2, -0.15) is 0 Å². The summed E-state index contributed by atoms with van der Waals surface area (Å²) in [5, 5.41) is 3.13. The van der Waals surface area contributed by atoms with Crippen molar-refractivity contribution in [2.75, 3.05) is 11.9 Å². The first kappa shape index (κ1) is 18.3. The maximum absolute atomic E-state index is 5.95. The topological polar surface area (TPSA) is 67.7 Å². The van der Waals surface area contributed by atoms with E-state index in [1.54, 1.807) is 0 Å². The monoisotopic (exact) mass is 435 g/mol. The zero-order valence-corrected chi connectivity index (χ0v) is 16.0. The van der Waals surface area contributed by atoms with Crippen molar-refractivity contribution >= 4 is 41.3 Å². The normalized spacial score (nSPS) is 11.3. The van der Waals surface area contributed by atoms with Crippen LogP contribution in [-0.2, 0) is 12.8 Å². The second-order valence-corrected chi connectivity index (χ2v) is 5.39. The van der Waals surface area contributed by atoms with E-state index in [0.29, 0.717) is 12.5 Å². The van der Waals surface area contributed by atoms with Crippen LogP contribution in [0.4, 0.5) is 5.69 Å². The number of benzene rings is 1. The Labute approximate surface area is 159 Å². The largest absolute Gasteiger partial charge is 0.370 e. The van der Waals surface area contributed by atoms with E-state index in [1.165, 1.54) is 5.56 Å². The summed E-state index contributed by atoms with van der Waals surface area (Å²) >= 11 is 0. The standard InChI is InChI=1S/C18H21N5.HI/c1-2-14-6-5-7-15(12-14)22-18(19)20-10-9-16-13-23-11-4-3-8-17(23)21-16;/h3-8,11-13H,2,9-10H2,1H3,(H3,19,20,22);1H. The molecule has 0 radical (unpaired) electrons. The van der Waals surface area contributed by atoms with E-state index >= 15 is 0 Å². The van der Waals surface area contributed by atoms with Crippen molar-refractivity contribution in [1.82, 2.24) is 9.38 Å². The number of nitrogens with two attached hydrogens (primary N) is 1. The van der Waals surface area contributed by atoms with Crippen molar-refractivity contribution in [3.8, 4) is 0 Å². The number of aryl methyl sites for hydroxylation is 1. The highest BCUT2D eigenvalue weighted by Gasteiger charge is 2.01. The Morgan fingerprint density at radius 2 is 2.12 bits per heavy atom. The van der Waals surface area contributed by atoms with Crippen LogP contribution in [0.2, 0.25) is 0 Å². The minimum Gasteiger partial charge on any atom is -0.370 e. The fraction of sp³-hybridized carbons (Fsp3) is 0.222. The van der Waals surface area contributed by atoms with Crippen LogP contribution < -0.4 is 11.1 Å². The maximum Gasteiger partial charge on any atom is 0.193 e. The van der Waals surface area contributed by atoms with E-state index < -0.39 is 0 Å². The maximum atomic E-state index is 5.95. The van der Waals surface area contributed by atoms with Gasteiger partial charge < -0.3 is 15.5 Å². The molecular formula is C18H22IN5. The summed E-state index contributed by atoms with van der Waals surface area (Å²) in [6, 6.07) is 14.2. The molecule has 2 aromatic heterocycles. The fourth-order valence-electron chi connectivity index (χ4n) is 2.45. The zero-order chi connectivity index (χ0) is 16.1. The minimum atomic E-state index is 0. The third kappa shape index (κ3) is 4.70. The zero-order valence-electron chi connectivity index (χ0n) is 13.6. The number of nitrogens with zero attached hydrogens (tertiary/aromatic N) is 3. The van der Waals surface area contributed by atoms with Crippen molar-refractivity contribution in [3.63, 3.8) is 0 Å². The molecule has 0 fully saturated rings. The third-order valence-electron chi connectivity index (χ3n) is 3.67. The van der Waals surface area contributed by atoms with Crippen LogP contribution in [0.3, 0.4) is 0 Å². The molecule has 3 aromatic rings. The summed E-state index contributed by atoms with van der Waals surface area (Å²) in [4.78, 5) is 8.92. The number of imidazole rings is 1. The molecule has 0 spiro atoms. The highest BCUT2D eigenvalue weighted by molar-refractivity contribution is 14.0. The molecule has 5 nitrogen and oxygen atoms in total. The smallest absolute Gasteiger partial charge is 0.193 e. The molecule has 0 bridgehead atoms. The molecule has 24 heavy (non-hydrogen) atoms. The number of rotatable bonds is 5. The molecule has 0 aliphatic rings. The Bertz CT molecular complexity index is 792. The molecule has 0 saturated heterocycles. The average molecular weight is 435 g/mol. The summed E-state index contributed by atoms with van der Waals surface area (Å²) in [6.45, 7) is 2.74. The number of hydrogen-bond acceptors (Lipinski definition) is 2. The number of aliphatic imine (C=N–C) groups is 1. The lowest BCUT2D eigenvalue weighted by molar-refractivity contribution is 0.934. The molecule has 3 rings (SSSR count). The highest BCUT2D eigenvalue weighted by atomic mass is 127. The van der Waals surface area contributed by atoms with Crippen molar-refractivity contribution in [2.24, 2.45) is 10.7 Å². The molecule has 1 aromatic carbocycles. The van der Waals surface area contributed by atoms with E-state index in [9.17, 15) is 0 Å². The molecule has 0 aliphatic heterocycles. The molecule has 6 heteroatoms. The van der Waals surface area contributed by atoms with Crippen LogP contribution in [0.15, 0.2) is 59.9 Å². The van der Waals surface area contributed by atoms with E-state index in [2.05, 4.69) is 34.3 Å². The van der Waals surface area contributed by atoms with Gasteiger partial charge >= 0.3 is 0 Å². The lowest BCUT2D eigenvalue weighted by atomic mass is 10.1. The Hall–Kier alpha value is -2.09. The van der Waals surface area contributed by atoms with Crippen molar-refractivity contribution < 1.29 is 0 Å². The minimum absolute atomic E-state index is 0. The van der Waals surface area contributed by atoms with E-state index in [0.717, 1.165) is 29.9 Å². The summed E-state index contributed by atoms with van der Waals surface area (Å²) in [5.41, 5.74) is 10.2. The Morgan fingerprint density at radius 3 is 2.92 bits per heavy atom. The molecule has 0 saturated carbocycles. The first-order valence-corrected chi connectivity index (χ1v) is 7.83. The predicted octanol–water partition coefficient (Wildman–Crippen LogP) is 3.48. The van der Waals surface area contributed by atoms with E-state index in [1.807, 2.05) is 47.1 Å². The lowest BCUT2D eigenvalue weighted by Gasteiger charge is -2.06. The fourth-order valence-corrected chi connectivity index (χ4v) is 2.45. The van der Waals surface area contributed by atoms with Crippen LogP contribution in [0, 0.1) is 0 Å². The van der Waals surface area contributed by atoms with Gasteiger partial charge in [0.2, 0.25) is 0 Å². The van der Waals surface area contributed by atoms with Gasteiger partial charge in [0.1, 0.15) is 5.65 Å². The average Bonchev–Trinajstić information content (AvgIpc) is 2.97. The van der Waals surface area contributed by atoms with Crippen molar-refractivity contribution in [1.29, 1.82) is 0 Å². The van der Waals surface area contributed by atoms with Crippen LogP contribution in [0.5, 0.6) is 0 Å². The predicted molar refractivity (Wildman–Crippen MR) is 110 cm³/mol. The van der Waals surface area contributed by atoms with E-state index in [-0.39, 0.29) is 24.0 Å². The third-order valence-corrected chi connectivity index (χ3v) is 3.67. The first-order chi connectivity index (χ1) is 11.2. The summed E-state index contributed by atoms with van der Waals surface area (Å²) in [7, 11) is 0. The number of aromatic nitrogens is 2. The Morgan fingerprint density at radius 1 is 1.25 bits per heavy atom. The number of fused-ring (bicyclic) bond motifs is 1. The molecule has 0 unspecified atom stereocenters. The summed E-state index contributed by atoms with van der Waals surface area (Å²) < 4.78 is 2.01. The van der Waals surface area contributed by atoms with Gasteiger partial charge in [0.15, 0.2) is 5.96 Å². The Kier molecular flexibility index (Phi) is 6.60. The first-order valence-electron chi connectivity index (χ1n) is 7.83. The second-order valence-electron chi connectivity index (χ2n) is 5.39. The van der Waals surface area contributed by atoms with Gasteiger partial charge in [-0.1, -0.05) is 25.1 Å². The van der Waals surface area contributed by atoms with Crippen molar-refractivity contribution in [3.05, 3.63) is 66.1 Å². The molecule has 126 valence electrons. The summed E-state index contributed by atoms with van der Waals surface area (Å²) in [6.07, 6.45) is 5.78. The number of anilines is 1. The van der Waals surface area contributed by atoms with Crippen LogP contribution >= 0.6 is 24.0 Å². The number of pyridine rings is 1. The van der Waals surface area contributed by atoms with Crippen LogP contribution in [-0.4, -0.2) is 21.9 Å². The van der Waals surface area contributed by atoms with Gasteiger partial charge in [0.25, 0.3) is 0 Å². The number of halogens is 1. The van der Waals surface area contributed by atoms with Gasteiger partial charge in [-0.3, -0.25) is 4.99 Å². The Balaban J connectivity index is 0.00000208. The van der Waals surface area contributed by atoms with Gasteiger partial charge in [-0.15, -0.1) is 24.0 Å². The van der Waals surface area contributed by atoms with Gasteiger partial charge in [-0.05, 0) is 36.2 Å². The second kappa shape index (κ2) is 8.68. The van der Waals surface area contributed by atoms with Crippen LogP contribution in [0.25, 0.3) is 5.65 Å². The molecule has 0 amide bonds. The van der Waals surface area contributed by atoms with E-state index in [4.69, 9.17) is 5.73 Å². The number of hydrogen-bond donors (Lipinski definition) is 2. The molecular weight excluding hydrogens is 413 g/mol. The molecule has 2 heterocycles. The van der Waals surface area contributed by atoms with Gasteiger partial charge in [0.05, 0.1) is 5.69 Å². The lowest BCUT2D eigenvalue weighted by Crippen LogP contribution is -2.23. The summed E-state index contributed by atoms with van der Waals surface area (Å²) in [5.74, 6) is 0.432. The molecule has 0 atom stereocenters. The van der Waals surface area contributed by atoms with Crippen molar-refractivity contribution in [2.45, 2.75) is 19.8 Å². The number of nitrogens with one attached hydrogen (secondary N) is 1. The van der Waals surface area contributed by atoms with Gasteiger partial charge in [-0.25, -0.2) is 4.98 Å². The highest BCUT2D eigenvalue weighted by Crippen LogP contribution is 2.10. The van der Waals surface area contributed by atoms with Crippen LogP contribution in [0.1, 0.15) is 18.2 Å². The van der Waals surface area contributed by atoms with Gasteiger partial charge in [0, 0.05) is 31.0 Å². The number of guanidine groups is 1. The SMILES string of the molecule is CCc1cccc(NC(N)=NCCc2cn3ccccc3n2)c1.I.